The van der Waals surface area contributed by atoms with Gasteiger partial charge in [0.1, 0.15) is 19.0 Å². The van der Waals surface area contributed by atoms with Gasteiger partial charge in [-0.2, -0.15) is 5.10 Å². The van der Waals surface area contributed by atoms with Crippen molar-refractivity contribution in [2.45, 2.75) is 6.42 Å². The molecule has 2 aromatic rings. The van der Waals surface area contributed by atoms with Crippen molar-refractivity contribution in [1.29, 1.82) is 0 Å². The van der Waals surface area contributed by atoms with Gasteiger partial charge in [0.2, 0.25) is 0 Å². The molecule has 27 heavy (non-hydrogen) atoms. The first kappa shape index (κ1) is 20.3. The van der Waals surface area contributed by atoms with E-state index in [1.807, 2.05) is 48.5 Å². The minimum Gasteiger partial charge on any atom is -0.493 e. The quantitative estimate of drug-likeness (QED) is 0.215. The fourth-order valence-electron chi connectivity index (χ4n) is 2.26. The van der Waals surface area contributed by atoms with E-state index in [-0.39, 0.29) is 5.11 Å². The summed E-state index contributed by atoms with van der Waals surface area (Å²) in [6.07, 6.45) is 4.26. The Kier molecular flexibility index (Phi) is 8.12. The maximum Gasteiger partial charge on any atom is 0.184 e. The first-order valence-electron chi connectivity index (χ1n) is 8.34. The molecule has 0 aliphatic rings. The van der Waals surface area contributed by atoms with Crippen LogP contribution in [0.4, 0.5) is 0 Å². The van der Waals surface area contributed by atoms with Crippen molar-refractivity contribution in [3.63, 3.8) is 0 Å². The van der Waals surface area contributed by atoms with E-state index >= 15 is 0 Å². The maximum absolute atomic E-state index is 5.75. The Morgan fingerprint density at radius 1 is 1.15 bits per heavy atom. The van der Waals surface area contributed by atoms with Crippen LogP contribution in [0, 0.1) is 0 Å². The van der Waals surface area contributed by atoms with Crippen molar-refractivity contribution in [2.24, 2.45) is 10.8 Å². The molecule has 142 valence electrons. The van der Waals surface area contributed by atoms with Crippen LogP contribution in [0.25, 0.3) is 0 Å². The molecule has 0 aliphatic heterocycles. The molecule has 0 atom stereocenters. The molecule has 0 unspecified atom stereocenters. The molecule has 2 rings (SSSR count). The lowest BCUT2D eigenvalue weighted by Crippen LogP contribution is -2.23. The van der Waals surface area contributed by atoms with Gasteiger partial charge in [-0.1, -0.05) is 12.1 Å². The molecule has 6 nitrogen and oxygen atoms in total. The molecule has 0 bridgehead atoms. The van der Waals surface area contributed by atoms with Gasteiger partial charge in [-0.25, -0.2) is 0 Å². The lowest BCUT2D eigenvalue weighted by atomic mass is 10.1. The number of hydrazone groups is 1. The SMILES string of the molecule is C=CCc1ccc(OCCOc2ccc(/C=N/NC(N)=S)cc2)c(OC)c1. The highest BCUT2D eigenvalue weighted by Gasteiger charge is 2.05. The Balaban J connectivity index is 1.80. The minimum atomic E-state index is 0.123. The monoisotopic (exact) mass is 385 g/mol. The average molecular weight is 385 g/mol. The van der Waals surface area contributed by atoms with Gasteiger partial charge in [0, 0.05) is 0 Å². The Bertz CT molecular complexity index is 792. The Morgan fingerprint density at radius 3 is 2.56 bits per heavy atom. The first-order valence-corrected chi connectivity index (χ1v) is 8.75. The second-order valence-electron chi connectivity index (χ2n) is 5.48. The van der Waals surface area contributed by atoms with Crippen molar-refractivity contribution < 1.29 is 14.2 Å². The van der Waals surface area contributed by atoms with E-state index in [2.05, 4.69) is 29.3 Å². The van der Waals surface area contributed by atoms with Crippen molar-refractivity contribution in [2.75, 3.05) is 20.3 Å². The highest BCUT2D eigenvalue weighted by Crippen LogP contribution is 2.28. The maximum atomic E-state index is 5.75. The molecule has 0 fully saturated rings. The van der Waals surface area contributed by atoms with Gasteiger partial charge in [0.25, 0.3) is 0 Å². The highest BCUT2D eigenvalue weighted by atomic mass is 32.1. The van der Waals surface area contributed by atoms with Crippen molar-refractivity contribution >= 4 is 23.5 Å². The van der Waals surface area contributed by atoms with Crippen LogP contribution in [-0.2, 0) is 6.42 Å². The van der Waals surface area contributed by atoms with Crippen LogP contribution in [0.1, 0.15) is 11.1 Å². The van der Waals surface area contributed by atoms with Gasteiger partial charge in [0.15, 0.2) is 16.6 Å². The number of ether oxygens (including phenoxy) is 3. The van der Waals surface area contributed by atoms with E-state index in [4.69, 9.17) is 19.9 Å². The number of allylic oxidation sites excluding steroid dienone is 1. The molecule has 0 amide bonds. The lowest BCUT2D eigenvalue weighted by molar-refractivity contribution is 0.211. The summed E-state index contributed by atoms with van der Waals surface area (Å²) in [4.78, 5) is 0. The van der Waals surface area contributed by atoms with Crippen LogP contribution in [0.2, 0.25) is 0 Å². The van der Waals surface area contributed by atoms with E-state index in [1.54, 1.807) is 13.3 Å². The van der Waals surface area contributed by atoms with E-state index in [9.17, 15) is 0 Å². The average Bonchev–Trinajstić information content (AvgIpc) is 2.67. The minimum absolute atomic E-state index is 0.123. The predicted molar refractivity (Wildman–Crippen MR) is 112 cm³/mol. The Labute approximate surface area is 164 Å². The first-order chi connectivity index (χ1) is 13.1. The smallest absolute Gasteiger partial charge is 0.184 e. The number of hydrogen-bond acceptors (Lipinski definition) is 5. The zero-order valence-electron chi connectivity index (χ0n) is 15.2. The third kappa shape index (κ3) is 6.99. The van der Waals surface area contributed by atoms with Gasteiger partial charge >= 0.3 is 0 Å². The molecule has 7 heteroatoms. The zero-order chi connectivity index (χ0) is 19.5. The molecule has 2 aromatic carbocycles. The molecular formula is C20H23N3O3S. The number of hydrogen-bond donors (Lipinski definition) is 2. The molecule has 0 spiro atoms. The van der Waals surface area contributed by atoms with Crippen molar-refractivity contribution in [1.82, 2.24) is 5.43 Å². The summed E-state index contributed by atoms with van der Waals surface area (Å²) < 4.78 is 16.8. The van der Waals surface area contributed by atoms with Crippen LogP contribution in [-0.4, -0.2) is 31.7 Å². The largest absolute Gasteiger partial charge is 0.493 e. The van der Waals surface area contributed by atoms with E-state index in [1.165, 1.54) is 0 Å². The van der Waals surface area contributed by atoms with Gasteiger partial charge in [-0.15, -0.1) is 6.58 Å². The van der Waals surface area contributed by atoms with Crippen LogP contribution >= 0.6 is 12.2 Å². The van der Waals surface area contributed by atoms with E-state index in [0.717, 1.165) is 23.3 Å². The number of nitrogens with one attached hydrogen (secondary N) is 1. The summed E-state index contributed by atoms with van der Waals surface area (Å²) in [5, 5.41) is 4.02. The topological polar surface area (TPSA) is 78.1 Å². The van der Waals surface area contributed by atoms with Gasteiger partial charge in [0.05, 0.1) is 13.3 Å². The summed E-state index contributed by atoms with van der Waals surface area (Å²) in [5.74, 6) is 2.13. The van der Waals surface area contributed by atoms with Gasteiger partial charge < -0.3 is 19.9 Å². The van der Waals surface area contributed by atoms with E-state index < -0.39 is 0 Å². The van der Waals surface area contributed by atoms with Gasteiger partial charge in [-0.05, 0) is 66.2 Å². The van der Waals surface area contributed by atoms with Crippen LogP contribution in [0.3, 0.4) is 0 Å². The number of methoxy groups -OCH3 is 1. The second kappa shape index (κ2) is 10.8. The van der Waals surface area contributed by atoms with Crippen LogP contribution in [0.15, 0.2) is 60.2 Å². The van der Waals surface area contributed by atoms with Crippen LogP contribution in [0.5, 0.6) is 17.2 Å². The highest BCUT2D eigenvalue weighted by molar-refractivity contribution is 7.80. The molecular weight excluding hydrogens is 362 g/mol. The fraction of sp³-hybridized carbons (Fsp3) is 0.200. The number of benzene rings is 2. The molecule has 0 heterocycles. The molecule has 3 N–H and O–H groups in total. The summed E-state index contributed by atoms with van der Waals surface area (Å²) in [7, 11) is 1.62. The summed E-state index contributed by atoms with van der Waals surface area (Å²) in [5.41, 5.74) is 9.81. The summed E-state index contributed by atoms with van der Waals surface area (Å²) >= 11 is 4.67. The Morgan fingerprint density at radius 2 is 1.89 bits per heavy atom. The molecule has 0 aliphatic carbocycles. The zero-order valence-corrected chi connectivity index (χ0v) is 16.0. The van der Waals surface area contributed by atoms with E-state index in [0.29, 0.717) is 24.7 Å². The standard InChI is InChI=1S/C20H23N3O3S/c1-3-4-15-7-10-18(19(13-15)24-2)26-12-11-25-17-8-5-16(6-9-17)14-22-23-20(21)27/h3,5-10,13-14H,1,4,11-12H2,2H3,(H3,21,23,27)/b22-14+. The van der Waals surface area contributed by atoms with Crippen LogP contribution < -0.4 is 25.4 Å². The number of rotatable bonds is 10. The summed E-state index contributed by atoms with van der Waals surface area (Å²) in [6.45, 7) is 4.55. The number of thiocarbonyl (C=S) groups is 1. The molecule has 0 aromatic heterocycles. The van der Waals surface area contributed by atoms with Crippen molar-refractivity contribution in [3.8, 4) is 17.2 Å². The number of nitrogens with two attached hydrogens (primary N) is 1. The van der Waals surface area contributed by atoms with Crippen molar-refractivity contribution in [3.05, 3.63) is 66.2 Å². The summed E-state index contributed by atoms with van der Waals surface area (Å²) in [6, 6.07) is 13.3. The third-order valence-electron chi connectivity index (χ3n) is 3.49. The predicted octanol–water partition coefficient (Wildman–Crippen LogP) is 3.05. The normalized spacial score (nSPS) is 10.4. The third-order valence-corrected chi connectivity index (χ3v) is 3.58. The lowest BCUT2D eigenvalue weighted by Gasteiger charge is -2.12. The molecule has 0 saturated heterocycles. The second-order valence-corrected chi connectivity index (χ2v) is 5.92. The Hall–Kier alpha value is -3.06. The number of nitrogens with zero attached hydrogens (tertiary/aromatic N) is 1. The molecule has 0 radical (unpaired) electrons. The molecule has 0 saturated carbocycles. The van der Waals surface area contributed by atoms with Gasteiger partial charge in [-0.3, -0.25) is 5.43 Å². The fourth-order valence-corrected chi connectivity index (χ4v) is 2.31.